The fraction of sp³-hybridized carbons (Fsp3) is 0.0909. The molecule has 3 rings (SSSR count). The lowest BCUT2D eigenvalue weighted by Gasteiger charge is -2.13. The van der Waals surface area contributed by atoms with Crippen LogP contribution in [0.3, 0.4) is 0 Å². The molecule has 0 spiro atoms. The normalized spacial score (nSPS) is 10.8. The maximum atomic E-state index is 13.2. The van der Waals surface area contributed by atoms with Crippen molar-refractivity contribution < 1.29 is 32.2 Å². The van der Waals surface area contributed by atoms with E-state index in [0.717, 1.165) is 24.3 Å². The number of carbonyl (C=O) groups is 2. The van der Waals surface area contributed by atoms with Crippen LogP contribution in [0.5, 0.6) is 11.5 Å². The van der Waals surface area contributed by atoms with Gasteiger partial charge < -0.3 is 20.5 Å². The summed E-state index contributed by atoms with van der Waals surface area (Å²) in [5.74, 6) is -2.08. The van der Waals surface area contributed by atoms with Crippen LogP contribution < -0.4 is 20.1 Å². The van der Waals surface area contributed by atoms with Crippen molar-refractivity contribution in [2.24, 2.45) is 0 Å². The molecule has 0 heterocycles. The van der Waals surface area contributed by atoms with Gasteiger partial charge in [0.05, 0.1) is 29.9 Å². The van der Waals surface area contributed by atoms with Gasteiger partial charge in [-0.2, -0.15) is 0 Å². The van der Waals surface area contributed by atoms with E-state index in [9.17, 15) is 27.5 Å². The van der Waals surface area contributed by atoms with E-state index in [-0.39, 0.29) is 27.6 Å². The van der Waals surface area contributed by atoms with Crippen LogP contribution in [0.2, 0.25) is 0 Å². The maximum absolute atomic E-state index is 13.2. The summed E-state index contributed by atoms with van der Waals surface area (Å²) < 4.78 is 46.3. The van der Waals surface area contributed by atoms with Crippen LogP contribution >= 0.6 is 0 Å². The largest absolute Gasteiger partial charge is 0.506 e. The number of para-hydroxylation sites is 2. The molecule has 0 bridgehead atoms. The van der Waals surface area contributed by atoms with Crippen LogP contribution in [0, 0.1) is 5.82 Å². The summed E-state index contributed by atoms with van der Waals surface area (Å²) in [6, 6.07) is 14.7. The highest BCUT2D eigenvalue weighted by Crippen LogP contribution is 2.30. The number of carbonyl (C=O) groups excluding carboxylic acids is 2. The standard InChI is InChI=1S/C22H20FN3O6S/c1-32-20-8-3-2-7-17(20)26-33(30,31)16-9-10-19(27)18(12-16)25-21(28)13-24-22(29)14-5-4-6-15(23)11-14/h2-12,26-27H,13H2,1H3,(H,24,29)(H,25,28). The first-order valence-electron chi connectivity index (χ1n) is 9.52. The predicted octanol–water partition coefficient (Wildman–Crippen LogP) is 2.71. The minimum absolute atomic E-state index is 0.0288. The summed E-state index contributed by atoms with van der Waals surface area (Å²) in [7, 11) is -2.69. The first kappa shape index (κ1) is 23.5. The molecule has 0 saturated carbocycles. The smallest absolute Gasteiger partial charge is 0.262 e. The lowest BCUT2D eigenvalue weighted by Crippen LogP contribution is -2.33. The van der Waals surface area contributed by atoms with Gasteiger partial charge in [0.25, 0.3) is 15.9 Å². The van der Waals surface area contributed by atoms with Gasteiger partial charge in [0.1, 0.15) is 17.3 Å². The Morgan fingerprint density at radius 2 is 1.76 bits per heavy atom. The summed E-state index contributed by atoms with van der Waals surface area (Å²) in [4.78, 5) is 24.0. The van der Waals surface area contributed by atoms with Crippen LogP contribution in [0.4, 0.5) is 15.8 Å². The molecule has 0 aliphatic heterocycles. The summed E-state index contributed by atoms with van der Waals surface area (Å²) in [5, 5.41) is 14.7. The van der Waals surface area contributed by atoms with Crippen LogP contribution in [0.25, 0.3) is 0 Å². The van der Waals surface area contributed by atoms with E-state index in [2.05, 4.69) is 15.4 Å². The van der Waals surface area contributed by atoms with Crippen molar-refractivity contribution in [3.05, 3.63) is 78.1 Å². The molecule has 0 fully saturated rings. The monoisotopic (exact) mass is 473 g/mol. The van der Waals surface area contributed by atoms with Gasteiger partial charge in [-0.25, -0.2) is 12.8 Å². The van der Waals surface area contributed by atoms with Crippen molar-refractivity contribution in [2.45, 2.75) is 4.90 Å². The number of hydrogen-bond donors (Lipinski definition) is 4. The fourth-order valence-electron chi connectivity index (χ4n) is 2.80. The second-order valence-corrected chi connectivity index (χ2v) is 8.41. The van der Waals surface area contributed by atoms with Gasteiger partial charge in [0, 0.05) is 5.56 Å². The zero-order valence-electron chi connectivity index (χ0n) is 17.3. The van der Waals surface area contributed by atoms with E-state index >= 15 is 0 Å². The van der Waals surface area contributed by atoms with Gasteiger partial charge in [-0.3, -0.25) is 14.3 Å². The maximum Gasteiger partial charge on any atom is 0.262 e. The molecule has 2 amide bonds. The van der Waals surface area contributed by atoms with Crippen molar-refractivity contribution in [2.75, 3.05) is 23.7 Å². The molecule has 3 aromatic rings. The summed E-state index contributed by atoms with van der Waals surface area (Å²) in [5.41, 5.74) is 0.0581. The van der Waals surface area contributed by atoms with E-state index in [4.69, 9.17) is 4.74 Å². The highest BCUT2D eigenvalue weighted by Gasteiger charge is 2.19. The first-order valence-corrected chi connectivity index (χ1v) is 11.0. The number of phenolic OH excluding ortho intramolecular Hbond substituents is 1. The topological polar surface area (TPSA) is 134 Å². The van der Waals surface area contributed by atoms with Gasteiger partial charge >= 0.3 is 0 Å². The number of phenols is 1. The van der Waals surface area contributed by atoms with E-state index in [0.29, 0.717) is 5.75 Å². The zero-order valence-corrected chi connectivity index (χ0v) is 18.1. The fourth-order valence-corrected chi connectivity index (χ4v) is 3.90. The molecule has 33 heavy (non-hydrogen) atoms. The lowest BCUT2D eigenvalue weighted by molar-refractivity contribution is -0.115. The lowest BCUT2D eigenvalue weighted by atomic mass is 10.2. The molecule has 11 heteroatoms. The molecule has 0 aromatic heterocycles. The summed E-state index contributed by atoms with van der Waals surface area (Å²) >= 11 is 0. The minimum Gasteiger partial charge on any atom is -0.506 e. The molecule has 9 nitrogen and oxygen atoms in total. The molecule has 0 saturated heterocycles. The number of aromatic hydroxyl groups is 1. The number of benzene rings is 3. The van der Waals surface area contributed by atoms with E-state index in [1.165, 1.54) is 31.4 Å². The highest BCUT2D eigenvalue weighted by molar-refractivity contribution is 7.92. The second-order valence-electron chi connectivity index (χ2n) is 6.73. The van der Waals surface area contributed by atoms with Gasteiger partial charge in [0.15, 0.2) is 0 Å². The number of halogens is 1. The molecular weight excluding hydrogens is 453 g/mol. The van der Waals surface area contributed by atoms with E-state index < -0.39 is 34.2 Å². The average molecular weight is 473 g/mol. The summed E-state index contributed by atoms with van der Waals surface area (Å²) in [6.07, 6.45) is 0. The number of amides is 2. The van der Waals surface area contributed by atoms with E-state index in [1.807, 2.05) is 0 Å². The molecule has 0 aliphatic rings. The molecule has 4 N–H and O–H groups in total. The SMILES string of the molecule is COc1ccccc1NS(=O)(=O)c1ccc(O)c(NC(=O)CNC(=O)c2cccc(F)c2)c1. The third kappa shape index (κ3) is 5.98. The Morgan fingerprint density at radius 3 is 2.48 bits per heavy atom. The predicted molar refractivity (Wildman–Crippen MR) is 119 cm³/mol. The Morgan fingerprint density at radius 1 is 1.00 bits per heavy atom. The number of sulfonamides is 1. The number of hydrogen-bond acceptors (Lipinski definition) is 6. The first-order chi connectivity index (χ1) is 15.7. The molecular formula is C22H20FN3O6S. The van der Waals surface area contributed by atoms with Crippen LogP contribution in [0.15, 0.2) is 71.6 Å². The molecule has 3 aromatic carbocycles. The average Bonchev–Trinajstić information content (AvgIpc) is 2.79. The molecule has 0 radical (unpaired) electrons. The summed E-state index contributed by atoms with van der Waals surface area (Å²) in [6.45, 7) is -0.495. The number of methoxy groups -OCH3 is 1. The second kappa shape index (κ2) is 10.0. The molecule has 0 unspecified atom stereocenters. The van der Waals surface area contributed by atoms with Crippen LogP contribution in [0.1, 0.15) is 10.4 Å². The Kier molecular flexibility index (Phi) is 7.13. The Bertz CT molecular complexity index is 1300. The van der Waals surface area contributed by atoms with Crippen molar-refractivity contribution in [3.63, 3.8) is 0 Å². The number of anilines is 2. The van der Waals surface area contributed by atoms with Crippen molar-refractivity contribution in [3.8, 4) is 11.5 Å². The van der Waals surface area contributed by atoms with Gasteiger partial charge in [0.2, 0.25) is 5.91 Å². The molecule has 0 aliphatic carbocycles. The van der Waals surface area contributed by atoms with E-state index in [1.54, 1.807) is 18.2 Å². The van der Waals surface area contributed by atoms with Gasteiger partial charge in [-0.1, -0.05) is 18.2 Å². The molecule has 172 valence electrons. The van der Waals surface area contributed by atoms with Crippen LogP contribution in [-0.2, 0) is 14.8 Å². The van der Waals surface area contributed by atoms with Crippen molar-refractivity contribution in [1.82, 2.24) is 5.32 Å². The third-order valence-electron chi connectivity index (χ3n) is 4.40. The Balaban J connectivity index is 1.70. The quantitative estimate of drug-likeness (QED) is 0.372. The van der Waals surface area contributed by atoms with Crippen molar-refractivity contribution >= 4 is 33.2 Å². The minimum atomic E-state index is -4.08. The zero-order chi connectivity index (χ0) is 24.0. The van der Waals surface area contributed by atoms with Crippen LogP contribution in [-0.4, -0.2) is 39.0 Å². The number of nitrogens with one attached hydrogen (secondary N) is 3. The number of ether oxygens (including phenoxy) is 1. The molecule has 0 atom stereocenters. The highest BCUT2D eigenvalue weighted by atomic mass is 32.2. The Hall–Kier alpha value is -4.12. The Labute approximate surface area is 189 Å². The third-order valence-corrected chi connectivity index (χ3v) is 5.76. The van der Waals surface area contributed by atoms with Gasteiger partial charge in [-0.05, 0) is 48.5 Å². The number of rotatable bonds is 8. The van der Waals surface area contributed by atoms with Crippen molar-refractivity contribution in [1.29, 1.82) is 0 Å². The van der Waals surface area contributed by atoms with Gasteiger partial charge in [-0.15, -0.1) is 0 Å².